The number of hydrogen-bond donors (Lipinski definition) is 1. The van der Waals surface area contributed by atoms with Crippen LogP contribution < -0.4 is 0 Å². The van der Waals surface area contributed by atoms with Gasteiger partial charge in [-0.3, -0.25) is 9.59 Å². The molecule has 1 N–H and O–H groups in total. The summed E-state index contributed by atoms with van der Waals surface area (Å²) >= 11 is 0. The molecule has 0 radical (unpaired) electrons. The summed E-state index contributed by atoms with van der Waals surface area (Å²) in [5.74, 6) is 0.0140. The molecule has 2 heterocycles. The van der Waals surface area contributed by atoms with Crippen molar-refractivity contribution in [3.05, 3.63) is 29.8 Å². The summed E-state index contributed by atoms with van der Waals surface area (Å²) in [7, 11) is 0. The Labute approximate surface area is 129 Å². The van der Waals surface area contributed by atoms with Crippen molar-refractivity contribution >= 4 is 11.8 Å². The van der Waals surface area contributed by atoms with Crippen LogP contribution in [-0.4, -0.2) is 65.6 Å². The molecule has 1 atom stereocenters. The number of amides is 2. The Kier molecular flexibility index (Phi) is 4.29. The maximum atomic E-state index is 12.4. The van der Waals surface area contributed by atoms with E-state index in [1.165, 1.54) is 12.1 Å². The fourth-order valence-corrected chi connectivity index (χ4v) is 2.93. The van der Waals surface area contributed by atoms with E-state index in [1.54, 1.807) is 21.9 Å². The average Bonchev–Trinajstić information content (AvgIpc) is 3.08. The first-order valence-corrected chi connectivity index (χ1v) is 7.64. The quantitative estimate of drug-likeness (QED) is 0.879. The molecule has 0 saturated carbocycles. The van der Waals surface area contributed by atoms with E-state index in [9.17, 15) is 14.7 Å². The first kappa shape index (κ1) is 14.8. The van der Waals surface area contributed by atoms with Gasteiger partial charge in [-0.25, -0.2) is 0 Å². The molecule has 1 aromatic carbocycles. The summed E-state index contributed by atoms with van der Waals surface area (Å²) in [6, 6.07) is 6.34. The molecular formula is C16H20N2O4. The van der Waals surface area contributed by atoms with Crippen molar-refractivity contribution in [2.24, 2.45) is 0 Å². The second-order valence-corrected chi connectivity index (χ2v) is 5.67. The van der Waals surface area contributed by atoms with Crippen molar-refractivity contribution in [2.75, 3.05) is 32.8 Å². The van der Waals surface area contributed by atoms with Gasteiger partial charge in [0.1, 0.15) is 11.9 Å². The number of nitrogens with zero attached hydrogens (tertiary/aromatic N) is 2. The molecule has 0 spiro atoms. The number of phenols is 1. The largest absolute Gasteiger partial charge is 0.508 e. The van der Waals surface area contributed by atoms with Crippen LogP contribution in [0.2, 0.25) is 0 Å². The molecule has 1 aromatic rings. The molecule has 2 amide bonds. The Balaban J connectivity index is 1.57. The molecule has 2 aliphatic heterocycles. The van der Waals surface area contributed by atoms with Crippen LogP contribution in [0.5, 0.6) is 5.75 Å². The predicted octanol–water partition coefficient (Wildman–Crippen LogP) is 0.856. The molecule has 22 heavy (non-hydrogen) atoms. The third-order valence-electron chi connectivity index (χ3n) is 4.18. The lowest BCUT2D eigenvalue weighted by Crippen LogP contribution is -2.52. The lowest BCUT2D eigenvalue weighted by Gasteiger charge is -2.35. The molecule has 0 bridgehead atoms. The molecular weight excluding hydrogens is 284 g/mol. The number of phenolic OH excluding ortho intramolecular Hbond substituents is 1. The van der Waals surface area contributed by atoms with Crippen LogP contribution in [0.4, 0.5) is 0 Å². The van der Waals surface area contributed by atoms with Gasteiger partial charge < -0.3 is 19.6 Å². The fraction of sp³-hybridized carbons (Fsp3) is 0.500. The topological polar surface area (TPSA) is 70.1 Å². The number of benzene rings is 1. The smallest absolute Gasteiger partial charge is 0.254 e. The zero-order valence-corrected chi connectivity index (χ0v) is 12.4. The van der Waals surface area contributed by atoms with Crippen LogP contribution in [0.3, 0.4) is 0 Å². The second-order valence-electron chi connectivity index (χ2n) is 5.67. The summed E-state index contributed by atoms with van der Waals surface area (Å²) in [4.78, 5) is 28.1. The highest BCUT2D eigenvalue weighted by Gasteiger charge is 2.31. The average molecular weight is 304 g/mol. The number of carbonyl (C=O) groups excluding carboxylic acids is 2. The van der Waals surface area contributed by atoms with E-state index in [0.29, 0.717) is 38.3 Å². The fourth-order valence-electron chi connectivity index (χ4n) is 2.93. The Morgan fingerprint density at radius 3 is 2.50 bits per heavy atom. The minimum atomic E-state index is -0.298. The van der Waals surface area contributed by atoms with Gasteiger partial charge in [-0.15, -0.1) is 0 Å². The Hall–Kier alpha value is -2.08. The minimum absolute atomic E-state index is 0.0435. The van der Waals surface area contributed by atoms with Gasteiger partial charge in [-0.2, -0.15) is 0 Å². The van der Waals surface area contributed by atoms with Crippen LogP contribution in [-0.2, 0) is 9.53 Å². The van der Waals surface area contributed by atoms with Crippen LogP contribution in [0.1, 0.15) is 23.2 Å². The maximum Gasteiger partial charge on any atom is 0.254 e. The Morgan fingerprint density at radius 1 is 1.14 bits per heavy atom. The van der Waals surface area contributed by atoms with Crippen LogP contribution in [0.25, 0.3) is 0 Å². The molecule has 3 rings (SSSR count). The SMILES string of the molecule is O=C(c1cccc(O)c1)N1CCN(C(=O)[C@@H]2CCCO2)CC1. The minimum Gasteiger partial charge on any atom is -0.508 e. The third-order valence-corrected chi connectivity index (χ3v) is 4.18. The van der Waals surface area contributed by atoms with E-state index >= 15 is 0 Å². The molecule has 118 valence electrons. The monoisotopic (exact) mass is 304 g/mol. The Bertz CT molecular complexity index is 561. The lowest BCUT2D eigenvalue weighted by molar-refractivity contribution is -0.142. The summed E-state index contributed by atoms with van der Waals surface area (Å²) < 4.78 is 5.43. The first-order valence-electron chi connectivity index (χ1n) is 7.64. The van der Waals surface area contributed by atoms with Crippen molar-refractivity contribution in [3.63, 3.8) is 0 Å². The number of carbonyl (C=O) groups is 2. The highest BCUT2D eigenvalue weighted by molar-refractivity contribution is 5.94. The van der Waals surface area contributed by atoms with E-state index in [2.05, 4.69) is 0 Å². The van der Waals surface area contributed by atoms with E-state index in [4.69, 9.17) is 4.74 Å². The van der Waals surface area contributed by atoms with Gasteiger partial charge in [0.25, 0.3) is 11.8 Å². The second kappa shape index (κ2) is 6.36. The predicted molar refractivity (Wildman–Crippen MR) is 79.6 cm³/mol. The van der Waals surface area contributed by atoms with Gasteiger partial charge >= 0.3 is 0 Å². The highest BCUT2D eigenvalue weighted by Crippen LogP contribution is 2.17. The van der Waals surface area contributed by atoms with Gasteiger partial charge in [-0.05, 0) is 31.0 Å². The highest BCUT2D eigenvalue weighted by atomic mass is 16.5. The van der Waals surface area contributed by atoms with Crippen molar-refractivity contribution in [1.82, 2.24) is 9.80 Å². The molecule has 0 aromatic heterocycles. The molecule has 2 saturated heterocycles. The zero-order chi connectivity index (χ0) is 15.5. The van der Waals surface area contributed by atoms with Crippen LogP contribution in [0.15, 0.2) is 24.3 Å². The maximum absolute atomic E-state index is 12.4. The Morgan fingerprint density at radius 2 is 1.86 bits per heavy atom. The van der Waals surface area contributed by atoms with E-state index in [0.717, 1.165) is 12.8 Å². The number of hydrogen-bond acceptors (Lipinski definition) is 4. The van der Waals surface area contributed by atoms with Gasteiger partial charge in [0.05, 0.1) is 0 Å². The molecule has 0 unspecified atom stereocenters. The van der Waals surface area contributed by atoms with Gasteiger partial charge in [0.15, 0.2) is 0 Å². The number of aromatic hydroxyl groups is 1. The van der Waals surface area contributed by atoms with Crippen LogP contribution >= 0.6 is 0 Å². The number of rotatable bonds is 2. The molecule has 6 heteroatoms. The van der Waals surface area contributed by atoms with E-state index < -0.39 is 0 Å². The summed E-state index contributed by atoms with van der Waals surface area (Å²) in [6.07, 6.45) is 1.43. The van der Waals surface area contributed by atoms with Gasteiger partial charge in [-0.1, -0.05) is 6.07 Å². The number of piperazine rings is 1. The molecule has 2 aliphatic rings. The van der Waals surface area contributed by atoms with Crippen LogP contribution in [0, 0.1) is 0 Å². The summed E-state index contributed by atoms with van der Waals surface area (Å²) in [5, 5.41) is 9.46. The number of ether oxygens (including phenoxy) is 1. The van der Waals surface area contributed by atoms with Gasteiger partial charge in [0.2, 0.25) is 0 Å². The summed E-state index contributed by atoms with van der Waals surface area (Å²) in [5.41, 5.74) is 0.471. The molecule has 0 aliphatic carbocycles. The van der Waals surface area contributed by atoms with Crippen molar-refractivity contribution < 1.29 is 19.4 Å². The molecule has 2 fully saturated rings. The van der Waals surface area contributed by atoms with Crippen molar-refractivity contribution in [1.29, 1.82) is 0 Å². The first-order chi connectivity index (χ1) is 10.6. The third kappa shape index (κ3) is 3.06. The zero-order valence-electron chi connectivity index (χ0n) is 12.4. The molecule has 6 nitrogen and oxygen atoms in total. The van der Waals surface area contributed by atoms with E-state index in [1.807, 2.05) is 0 Å². The normalized spacial score (nSPS) is 21.9. The van der Waals surface area contributed by atoms with E-state index in [-0.39, 0.29) is 23.7 Å². The van der Waals surface area contributed by atoms with Crippen molar-refractivity contribution in [2.45, 2.75) is 18.9 Å². The standard InChI is InChI=1S/C16H20N2O4/c19-13-4-1-3-12(11-13)15(20)17-6-8-18(9-7-17)16(21)14-5-2-10-22-14/h1,3-4,11,14,19H,2,5-10H2/t14-/m0/s1. The van der Waals surface area contributed by atoms with Crippen molar-refractivity contribution in [3.8, 4) is 5.75 Å². The summed E-state index contributed by atoms with van der Waals surface area (Å²) in [6.45, 7) is 2.73. The van der Waals surface area contributed by atoms with Gasteiger partial charge in [0, 0.05) is 38.3 Å². The lowest BCUT2D eigenvalue weighted by atomic mass is 10.1.